The molecule has 0 atom stereocenters. The van der Waals surface area contributed by atoms with Gasteiger partial charge in [0.2, 0.25) is 10.0 Å². The van der Waals surface area contributed by atoms with E-state index >= 15 is 0 Å². The molecule has 108 valence electrons. The van der Waals surface area contributed by atoms with E-state index in [-0.39, 0.29) is 22.8 Å². The van der Waals surface area contributed by atoms with Gasteiger partial charge in [-0.05, 0) is 35.9 Å². The van der Waals surface area contributed by atoms with Crippen molar-refractivity contribution in [2.45, 2.75) is 11.4 Å². The summed E-state index contributed by atoms with van der Waals surface area (Å²) in [5.41, 5.74) is 0.321. The van der Waals surface area contributed by atoms with Gasteiger partial charge in [0.15, 0.2) is 0 Å². The van der Waals surface area contributed by atoms with Crippen molar-refractivity contribution in [2.75, 3.05) is 0 Å². The van der Waals surface area contributed by atoms with Gasteiger partial charge in [0, 0.05) is 6.54 Å². The molecule has 2 N–H and O–H groups in total. The molecule has 0 aromatic heterocycles. The molecular formula is C14H11FN2O3S. The molecule has 0 aliphatic carbocycles. The fourth-order valence-electron chi connectivity index (χ4n) is 1.63. The average molecular weight is 306 g/mol. The second kappa shape index (κ2) is 5.91. The average Bonchev–Trinajstić information content (AvgIpc) is 2.47. The third-order valence-corrected chi connectivity index (χ3v) is 4.17. The summed E-state index contributed by atoms with van der Waals surface area (Å²) in [6, 6.07) is 10.6. The molecule has 0 spiro atoms. The van der Waals surface area contributed by atoms with E-state index < -0.39 is 15.8 Å². The molecule has 0 amide bonds. The zero-order valence-electron chi connectivity index (χ0n) is 10.7. The lowest BCUT2D eigenvalue weighted by molar-refractivity contribution is 0.475. The molecular weight excluding hydrogens is 295 g/mol. The largest absolute Gasteiger partial charge is 0.508 e. The van der Waals surface area contributed by atoms with Gasteiger partial charge in [-0.15, -0.1) is 0 Å². The minimum absolute atomic E-state index is 0.0158. The summed E-state index contributed by atoms with van der Waals surface area (Å²) in [7, 11) is -3.85. The monoisotopic (exact) mass is 306 g/mol. The zero-order chi connectivity index (χ0) is 15.5. The van der Waals surface area contributed by atoms with Crippen LogP contribution in [0.5, 0.6) is 5.75 Å². The Hall–Kier alpha value is -2.43. The highest BCUT2D eigenvalue weighted by Gasteiger charge is 2.16. The molecule has 2 aromatic rings. The molecule has 0 fully saturated rings. The molecule has 0 aliphatic heterocycles. The highest BCUT2D eigenvalue weighted by atomic mass is 32.2. The van der Waals surface area contributed by atoms with Crippen LogP contribution in [0.3, 0.4) is 0 Å². The van der Waals surface area contributed by atoms with Crippen LogP contribution in [-0.2, 0) is 16.6 Å². The van der Waals surface area contributed by atoms with E-state index in [2.05, 4.69) is 4.72 Å². The number of phenolic OH excluding ortho intramolecular Hbond substituents is 1. The van der Waals surface area contributed by atoms with Crippen LogP contribution < -0.4 is 4.72 Å². The second-order valence-electron chi connectivity index (χ2n) is 4.24. The molecule has 0 saturated carbocycles. The molecule has 0 saturated heterocycles. The molecule has 0 unspecified atom stereocenters. The first-order valence-electron chi connectivity index (χ1n) is 5.89. The van der Waals surface area contributed by atoms with Gasteiger partial charge in [-0.3, -0.25) is 0 Å². The van der Waals surface area contributed by atoms with Crippen LogP contribution in [0, 0.1) is 17.1 Å². The van der Waals surface area contributed by atoms with E-state index in [1.165, 1.54) is 12.1 Å². The first-order valence-corrected chi connectivity index (χ1v) is 7.38. The highest BCUT2D eigenvalue weighted by Crippen LogP contribution is 2.15. The molecule has 0 bridgehead atoms. The number of rotatable bonds is 4. The maximum absolute atomic E-state index is 13.2. The summed E-state index contributed by atoms with van der Waals surface area (Å²) in [4.78, 5) is -0.181. The molecule has 21 heavy (non-hydrogen) atoms. The number of aromatic hydroxyl groups is 1. The third-order valence-electron chi connectivity index (χ3n) is 2.77. The van der Waals surface area contributed by atoms with Gasteiger partial charge in [0.1, 0.15) is 17.6 Å². The van der Waals surface area contributed by atoms with Crippen LogP contribution in [0.1, 0.15) is 11.1 Å². The molecule has 0 heterocycles. The van der Waals surface area contributed by atoms with Gasteiger partial charge in [0.05, 0.1) is 10.5 Å². The quantitative estimate of drug-likeness (QED) is 0.902. The van der Waals surface area contributed by atoms with Crippen LogP contribution in [0.25, 0.3) is 0 Å². The number of halogens is 1. The molecule has 2 aromatic carbocycles. The lowest BCUT2D eigenvalue weighted by atomic mass is 10.2. The highest BCUT2D eigenvalue weighted by molar-refractivity contribution is 7.89. The van der Waals surface area contributed by atoms with Gasteiger partial charge >= 0.3 is 0 Å². The summed E-state index contributed by atoms with van der Waals surface area (Å²) < 4.78 is 39.6. The Labute approximate surface area is 121 Å². The van der Waals surface area contributed by atoms with E-state index in [1.807, 2.05) is 0 Å². The lowest BCUT2D eigenvalue weighted by Crippen LogP contribution is -2.23. The van der Waals surface area contributed by atoms with Crippen molar-refractivity contribution in [2.24, 2.45) is 0 Å². The molecule has 7 heteroatoms. The molecule has 0 aliphatic rings. The van der Waals surface area contributed by atoms with Crippen molar-refractivity contribution in [3.05, 3.63) is 59.4 Å². The van der Waals surface area contributed by atoms with Crippen LogP contribution in [0.15, 0.2) is 47.4 Å². The maximum Gasteiger partial charge on any atom is 0.240 e. The van der Waals surface area contributed by atoms with Crippen molar-refractivity contribution in [3.8, 4) is 11.8 Å². The summed E-state index contributed by atoms with van der Waals surface area (Å²) in [6.07, 6.45) is 0. The fraction of sp³-hybridized carbons (Fsp3) is 0.0714. The number of phenols is 1. The topological polar surface area (TPSA) is 90.2 Å². The Morgan fingerprint density at radius 1 is 1.19 bits per heavy atom. The normalized spacial score (nSPS) is 11.0. The standard InChI is InChI=1S/C14H11FN2O3S/c15-14-6-5-13(7-11(14)8-16)21(19,20)17-9-10-1-3-12(18)4-2-10/h1-7,17-18H,9H2. The Balaban J connectivity index is 2.19. The van der Waals surface area contributed by atoms with E-state index in [0.717, 1.165) is 18.2 Å². The summed E-state index contributed by atoms with van der Waals surface area (Å²) in [6.45, 7) is 0.0158. The van der Waals surface area contributed by atoms with Crippen molar-refractivity contribution >= 4 is 10.0 Å². The van der Waals surface area contributed by atoms with Crippen molar-refractivity contribution in [1.82, 2.24) is 4.72 Å². The predicted molar refractivity (Wildman–Crippen MR) is 73.2 cm³/mol. The van der Waals surface area contributed by atoms with Crippen LogP contribution >= 0.6 is 0 Å². The summed E-state index contributed by atoms with van der Waals surface area (Å²) in [5.74, 6) is -0.686. The summed E-state index contributed by atoms with van der Waals surface area (Å²) in [5, 5.41) is 17.9. The minimum atomic E-state index is -3.85. The smallest absolute Gasteiger partial charge is 0.240 e. The Bertz CT molecular complexity index is 796. The predicted octanol–water partition coefficient (Wildman–Crippen LogP) is 1.88. The molecule has 0 radical (unpaired) electrons. The van der Waals surface area contributed by atoms with E-state index in [0.29, 0.717) is 5.56 Å². The molecule has 5 nitrogen and oxygen atoms in total. The second-order valence-corrected chi connectivity index (χ2v) is 6.01. The number of nitriles is 1. The molecule has 2 rings (SSSR count). The SMILES string of the molecule is N#Cc1cc(S(=O)(=O)NCc2ccc(O)cc2)ccc1F. The van der Waals surface area contributed by atoms with Gasteiger partial charge < -0.3 is 5.11 Å². The number of nitrogens with one attached hydrogen (secondary N) is 1. The number of sulfonamides is 1. The van der Waals surface area contributed by atoms with Gasteiger partial charge in [-0.1, -0.05) is 12.1 Å². The number of nitrogens with zero attached hydrogens (tertiary/aromatic N) is 1. The van der Waals surface area contributed by atoms with Crippen molar-refractivity contribution in [1.29, 1.82) is 5.26 Å². The Kier molecular flexibility index (Phi) is 4.21. The van der Waals surface area contributed by atoms with Crippen LogP contribution in [0.2, 0.25) is 0 Å². The van der Waals surface area contributed by atoms with E-state index in [1.54, 1.807) is 18.2 Å². The summed E-state index contributed by atoms with van der Waals surface area (Å²) >= 11 is 0. The Morgan fingerprint density at radius 2 is 1.86 bits per heavy atom. The van der Waals surface area contributed by atoms with Crippen molar-refractivity contribution in [3.63, 3.8) is 0 Å². The van der Waals surface area contributed by atoms with Crippen LogP contribution in [-0.4, -0.2) is 13.5 Å². The van der Waals surface area contributed by atoms with Gasteiger partial charge in [0.25, 0.3) is 0 Å². The first kappa shape index (κ1) is 15.0. The number of hydrogen-bond acceptors (Lipinski definition) is 4. The van der Waals surface area contributed by atoms with E-state index in [9.17, 15) is 12.8 Å². The number of benzene rings is 2. The fourth-order valence-corrected chi connectivity index (χ4v) is 2.68. The maximum atomic E-state index is 13.2. The van der Waals surface area contributed by atoms with Crippen LogP contribution in [0.4, 0.5) is 4.39 Å². The van der Waals surface area contributed by atoms with Gasteiger partial charge in [-0.25, -0.2) is 17.5 Å². The lowest BCUT2D eigenvalue weighted by Gasteiger charge is -2.07. The first-order chi connectivity index (χ1) is 9.92. The van der Waals surface area contributed by atoms with Crippen molar-refractivity contribution < 1.29 is 17.9 Å². The minimum Gasteiger partial charge on any atom is -0.508 e. The third kappa shape index (κ3) is 3.56. The Morgan fingerprint density at radius 3 is 2.48 bits per heavy atom. The van der Waals surface area contributed by atoms with Gasteiger partial charge in [-0.2, -0.15) is 5.26 Å². The zero-order valence-corrected chi connectivity index (χ0v) is 11.6. The number of hydrogen-bond donors (Lipinski definition) is 2. The van der Waals surface area contributed by atoms with E-state index in [4.69, 9.17) is 10.4 Å².